The van der Waals surface area contributed by atoms with Gasteiger partial charge in [-0.05, 0) is 56.7 Å². The molecule has 0 aliphatic carbocycles. The lowest BCUT2D eigenvalue weighted by Crippen LogP contribution is -2.40. The number of allylic oxidation sites excluding steroid dienone is 1. The van der Waals surface area contributed by atoms with Crippen LogP contribution in [0.3, 0.4) is 0 Å². The third-order valence-electron chi connectivity index (χ3n) is 6.63. The molecule has 0 saturated carbocycles. The molecule has 3 heterocycles. The molecule has 1 aromatic heterocycles. The predicted molar refractivity (Wildman–Crippen MR) is 151 cm³/mol. The molecule has 0 saturated heterocycles. The number of methoxy groups -OCH3 is 1. The van der Waals surface area contributed by atoms with E-state index in [1.54, 1.807) is 46.2 Å². The van der Waals surface area contributed by atoms with Crippen LogP contribution in [0.5, 0.6) is 11.5 Å². The Morgan fingerprint density at radius 2 is 1.87 bits per heavy atom. The fourth-order valence-electron chi connectivity index (χ4n) is 4.90. The molecule has 2 aliphatic rings. The largest absolute Gasteiger partial charge is 0.493 e. The number of benzene rings is 2. The number of hydrogen-bond donors (Lipinski definition) is 0. The topological polar surface area (TPSA) is 99.4 Å². The van der Waals surface area contributed by atoms with Crippen LogP contribution in [-0.2, 0) is 14.3 Å². The molecule has 0 fully saturated rings. The van der Waals surface area contributed by atoms with E-state index in [-0.39, 0.29) is 22.6 Å². The van der Waals surface area contributed by atoms with Crippen LogP contribution < -0.4 is 29.3 Å². The minimum absolute atomic E-state index is 0.163. The fourth-order valence-corrected chi connectivity index (χ4v) is 6.40. The third-order valence-corrected chi connectivity index (χ3v) is 8.18. The molecule has 0 bridgehead atoms. The molecule has 1 amide bonds. The number of halogens is 1. The Hall–Kier alpha value is -3.70. The van der Waals surface area contributed by atoms with Gasteiger partial charge in [-0.25, -0.2) is 9.79 Å². The molecule has 11 heteroatoms. The van der Waals surface area contributed by atoms with Gasteiger partial charge >= 0.3 is 5.97 Å². The van der Waals surface area contributed by atoms with E-state index in [2.05, 4.69) is 20.9 Å². The minimum Gasteiger partial charge on any atom is -0.493 e. The summed E-state index contributed by atoms with van der Waals surface area (Å²) in [5.41, 5.74) is 2.54. The van der Waals surface area contributed by atoms with Gasteiger partial charge in [0.25, 0.3) is 11.5 Å². The van der Waals surface area contributed by atoms with Crippen molar-refractivity contribution in [2.75, 3.05) is 32.3 Å². The number of thiazole rings is 1. The Morgan fingerprint density at radius 1 is 1.10 bits per heavy atom. The van der Waals surface area contributed by atoms with Gasteiger partial charge in [0, 0.05) is 17.1 Å². The summed E-state index contributed by atoms with van der Waals surface area (Å²) in [4.78, 5) is 47.3. The second-order valence-corrected chi connectivity index (χ2v) is 10.8. The van der Waals surface area contributed by atoms with Crippen LogP contribution >= 0.6 is 27.3 Å². The van der Waals surface area contributed by atoms with Crippen LogP contribution in [0, 0.1) is 0 Å². The first-order chi connectivity index (χ1) is 18.7. The summed E-state index contributed by atoms with van der Waals surface area (Å²) >= 11 is 4.60. The van der Waals surface area contributed by atoms with E-state index in [0.29, 0.717) is 51.0 Å². The van der Waals surface area contributed by atoms with E-state index >= 15 is 0 Å². The van der Waals surface area contributed by atoms with Gasteiger partial charge in [0.15, 0.2) is 16.3 Å². The molecule has 0 spiro atoms. The molecule has 39 heavy (non-hydrogen) atoms. The van der Waals surface area contributed by atoms with Crippen molar-refractivity contribution in [1.29, 1.82) is 0 Å². The van der Waals surface area contributed by atoms with Crippen LogP contribution in [0.15, 0.2) is 61.9 Å². The SMILES string of the molecule is CCOC(=O)C1=C(C)N=c2s/c(=C3\C(=O)N(C)c4ccc(Br)cc43)c(=O)n2[C@H]1c1ccc(OC)c(OCC)c1. The Labute approximate surface area is 236 Å². The summed E-state index contributed by atoms with van der Waals surface area (Å²) < 4.78 is 19.1. The van der Waals surface area contributed by atoms with Gasteiger partial charge in [-0.15, -0.1) is 0 Å². The molecular weight excluding hydrogens is 586 g/mol. The first-order valence-corrected chi connectivity index (χ1v) is 13.9. The number of anilines is 1. The number of aromatic nitrogens is 1. The van der Waals surface area contributed by atoms with Crippen molar-refractivity contribution in [1.82, 2.24) is 4.57 Å². The lowest BCUT2D eigenvalue weighted by molar-refractivity contribution is -0.139. The maximum Gasteiger partial charge on any atom is 0.338 e. The molecule has 9 nitrogen and oxygen atoms in total. The molecule has 2 aromatic carbocycles. The van der Waals surface area contributed by atoms with Gasteiger partial charge in [0.2, 0.25) is 0 Å². The fraction of sp³-hybridized carbons (Fsp3) is 0.286. The number of nitrogens with zero attached hydrogens (tertiary/aromatic N) is 3. The van der Waals surface area contributed by atoms with E-state index in [9.17, 15) is 14.4 Å². The second-order valence-electron chi connectivity index (χ2n) is 8.87. The molecule has 5 rings (SSSR count). The number of carbonyl (C=O) groups is 2. The summed E-state index contributed by atoms with van der Waals surface area (Å²) in [6.45, 7) is 5.86. The zero-order chi connectivity index (χ0) is 28.0. The molecule has 3 aromatic rings. The van der Waals surface area contributed by atoms with Crippen molar-refractivity contribution in [3.63, 3.8) is 0 Å². The smallest absolute Gasteiger partial charge is 0.338 e. The van der Waals surface area contributed by atoms with Gasteiger partial charge in [0.1, 0.15) is 4.53 Å². The molecule has 202 valence electrons. The van der Waals surface area contributed by atoms with Crippen LogP contribution in [0.1, 0.15) is 37.9 Å². The van der Waals surface area contributed by atoms with Crippen molar-refractivity contribution in [3.05, 3.63) is 83.0 Å². The maximum atomic E-state index is 14.2. The average Bonchev–Trinajstić information content (AvgIpc) is 3.35. The standard InChI is InChI=1S/C28H26BrN3O6S/c1-6-37-20-12-15(8-11-19(20)36-5)23-21(27(35)38-7-2)14(3)30-28-32(23)26(34)24(39-28)22-17-13-16(29)9-10-18(17)31(4)25(22)33/h8-13,23H,6-7H2,1-5H3/b24-22-/t23-/m0/s1. The summed E-state index contributed by atoms with van der Waals surface area (Å²) in [6.07, 6.45) is 0. The highest BCUT2D eigenvalue weighted by Crippen LogP contribution is 2.38. The number of ether oxygens (including phenoxy) is 3. The normalized spacial score (nSPS) is 17.5. The zero-order valence-corrected chi connectivity index (χ0v) is 24.4. The van der Waals surface area contributed by atoms with Crippen LogP contribution in [0.25, 0.3) is 5.57 Å². The van der Waals surface area contributed by atoms with E-state index < -0.39 is 17.6 Å². The summed E-state index contributed by atoms with van der Waals surface area (Å²) in [7, 11) is 3.22. The first-order valence-electron chi connectivity index (χ1n) is 12.3. The number of amides is 1. The molecule has 0 unspecified atom stereocenters. The first kappa shape index (κ1) is 26.9. The quantitative estimate of drug-likeness (QED) is 0.397. The van der Waals surface area contributed by atoms with Gasteiger partial charge in [-0.1, -0.05) is 33.3 Å². The van der Waals surface area contributed by atoms with Crippen molar-refractivity contribution in [3.8, 4) is 11.5 Å². The highest BCUT2D eigenvalue weighted by atomic mass is 79.9. The van der Waals surface area contributed by atoms with E-state index in [0.717, 1.165) is 15.8 Å². The van der Waals surface area contributed by atoms with Gasteiger partial charge in [-0.3, -0.25) is 14.2 Å². The molecule has 1 atom stereocenters. The number of fused-ring (bicyclic) bond motifs is 2. The lowest BCUT2D eigenvalue weighted by Gasteiger charge is -2.25. The van der Waals surface area contributed by atoms with Crippen LogP contribution in [0.4, 0.5) is 5.69 Å². The predicted octanol–water partition coefficient (Wildman–Crippen LogP) is 3.31. The Kier molecular flexibility index (Phi) is 7.21. The summed E-state index contributed by atoms with van der Waals surface area (Å²) in [5, 5.41) is 0. The molecule has 0 radical (unpaired) electrons. The van der Waals surface area contributed by atoms with Gasteiger partial charge in [0.05, 0.1) is 48.9 Å². The lowest BCUT2D eigenvalue weighted by atomic mass is 9.95. The van der Waals surface area contributed by atoms with E-state index in [4.69, 9.17) is 14.2 Å². The average molecular weight is 613 g/mol. The van der Waals surface area contributed by atoms with Gasteiger partial charge in [-0.2, -0.15) is 0 Å². The number of hydrogen-bond acceptors (Lipinski definition) is 8. The maximum absolute atomic E-state index is 14.2. The highest BCUT2D eigenvalue weighted by Gasteiger charge is 2.36. The van der Waals surface area contributed by atoms with Crippen LogP contribution in [-0.4, -0.2) is 43.8 Å². The number of rotatable bonds is 6. The van der Waals surface area contributed by atoms with Crippen molar-refractivity contribution in [2.24, 2.45) is 4.99 Å². The number of carbonyl (C=O) groups excluding carboxylic acids is 2. The summed E-state index contributed by atoms with van der Waals surface area (Å²) in [5.74, 6) is 0.151. The second kappa shape index (κ2) is 10.5. The Balaban J connectivity index is 1.83. The molecular formula is C28H26BrN3O6S. The number of likely N-dealkylation sites (N-methyl/N-ethyl adjacent to an activating group) is 1. The van der Waals surface area contributed by atoms with Crippen LogP contribution in [0.2, 0.25) is 0 Å². The monoisotopic (exact) mass is 611 g/mol. The number of esters is 1. The van der Waals surface area contributed by atoms with E-state index in [1.165, 1.54) is 9.47 Å². The van der Waals surface area contributed by atoms with E-state index in [1.807, 2.05) is 25.1 Å². The van der Waals surface area contributed by atoms with Gasteiger partial charge < -0.3 is 19.1 Å². The zero-order valence-electron chi connectivity index (χ0n) is 22.0. The minimum atomic E-state index is -0.851. The Morgan fingerprint density at radius 3 is 2.56 bits per heavy atom. The Bertz CT molecular complexity index is 1740. The summed E-state index contributed by atoms with van der Waals surface area (Å²) in [6, 6.07) is 9.94. The molecule has 0 N–H and O–H groups in total. The third kappa shape index (κ3) is 4.39. The highest BCUT2D eigenvalue weighted by molar-refractivity contribution is 9.10. The van der Waals surface area contributed by atoms with Crippen molar-refractivity contribution >= 4 is 50.4 Å². The van der Waals surface area contributed by atoms with Crippen molar-refractivity contribution < 1.29 is 23.8 Å². The molecule has 2 aliphatic heterocycles. The van der Waals surface area contributed by atoms with Crippen molar-refractivity contribution in [2.45, 2.75) is 26.8 Å².